The molecule has 4 nitrogen and oxygen atoms in total. The lowest BCUT2D eigenvalue weighted by Gasteiger charge is -2.20. The largest absolute Gasteiger partial charge is 0.350 e. The van der Waals surface area contributed by atoms with E-state index < -0.39 is 0 Å². The number of amides is 1. The normalized spacial score (nSPS) is 25.4. The average molecular weight is 228 g/mol. The molecular weight excluding hydrogens is 214 g/mol. The smallest absolute Gasteiger partial charge is 0.235 e. The first-order chi connectivity index (χ1) is 7.31. The van der Waals surface area contributed by atoms with Gasteiger partial charge in [0, 0.05) is 12.4 Å². The Labute approximate surface area is 93.6 Å². The number of halogens is 1. The van der Waals surface area contributed by atoms with Crippen LogP contribution in [0.2, 0.25) is 0 Å². The van der Waals surface area contributed by atoms with Gasteiger partial charge in [-0.1, -0.05) is 0 Å². The minimum Gasteiger partial charge on any atom is -0.350 e. The lowest BCUT2D eigenvalue weighted by atomic mass is 10.2. The van der Waals surface area contributed by atoms with Gasteiger partial charge in [0.15, 0.2) is 0 Å². The molecule has 2 atom stereocenters. The van der Waals surface area contributed by atoms with Gasteiger partial charge in [-0.25, -0.2) is 0 Å². The summed E-state index contributed by atoms with van der Waals surface area (Å²) in [5.74, 6) is -0.0665. The van der Waals surface area contributed by atoms with Gasteiger partial charge in [-0.05, 0) is 25.3 Å². The summed E-state index contributed by atoms with van der Waals surface area (Å²) in [6, 6.07) is 2.36. The molecule has 0 bridgehead atoms. The number of carbonyl (C=O) groups is 1. The summed E-state index contributed by atoms with van der Waals surface area (Å²) in [6.45, 7) is 0. The quantitative estimate of drug-likeness (QED) is 0.792. The van der Waals surface area contributed by atoms with Gasteiger partial charge in [-0.2, -0.15) is 5.10 Å². The zero-order valence-corrected chi connectivity index (χ0v) is 9.15. The Morgan fingerprint density at radius 1 is 1.60 bits per heavy atom. The summed E-state index contributed by atoms with van der Waals surface area (Å²) < 4.78 is 1.92. The Morgan fingerprint density at radius 3 is 3.13 bits per heavy atom. The number of rotatable bonds is 3. The topological polar surface area (TPSA) is 46.9 Å². The van der Waals surface area contributed by atoms with Crippen molar-refractivity contribution in [1.82, 2.24) is 15.1 Å². The van der Waals surface area contributed by atoms with Gasteiger partial charge < -0.3 is 5.32 Å². The van der Waals surface area contributed by atoms with Crippen LogP contribution >= 0.6 is 11.6 Å². The molecule has 5 heteroatoms. The lowest BCUT2D eigenvalue weighted by Crippen LogP contribution is -2.39. The number of aromatic nitrogens is 2. The van der Waals surface area contributed by atoms with E-state index in [0.717, 1.165) is 19.3 Å². The number of alkyl halides is 1. The molecular formula is C10H14ClN3O. The van der Waals surface area contributed by atoms with Crippen molar-refractivity contribution in [2.45, 2.75) is 31.3 Å². The number of nitrogens with one attached hydrogen (secondary N) is 1. The first-order valence-electron chi connectivity index (χ1n) is 5.15. The standard InChI is InChI=1S/C10H14ClN3O/c11-7-10(15)13-8-3-1-4-9(8)14-6-2-5-12-14/h2,5-6,8-9H,1,3-4,7H2,(H,13,15)/t8-,9+/m1/s1. The van der Waals surface area contributed by atoms with Crippen LogP contribution in [0, 0.1) is 0 Å². The molecule has 0 saturated heterocycles. The molecule has 0 aliphatic heterocycles. The molecule has 1 saturated carbocycles. The zero-order valence-electron chi connectivity index (χ0n) is 8.40. The van der Waals surface area contributed by atoms with Gasteiger partial charge in [0.05, 0.1) is 12.1 Å². The minimum absolute atomic E-state index is 0.0301. The first kappa shape index (κ1) is 10.5. The molecule has 1 fully saturated rings. The summed E-state index contributed by atoms with van der Waals surface area (Å²) >= 11 is 5.47. The van der Waals surface area contributed by atoms with E-state index in [9.17, 15) is 4.79 Å². The van der Waals surface area contributed by atoms with Crippen LogP contribution in [0.25, 0.3) is 0 Å². The van der Waals surface area contributed by atoms with Gasteiger partial charge in [-0.3, -0.25) is 9.48 Å². The summed E-state index contributed by atoms with van der Waals surface area (Å²) in [5.41, 5.74) is 0. The van der Waals surface area contributed by atoms with E-state index in [1.54, 1.807) is 6.20 Å². The predicted molar refractivity (Wildman–Crippen MR) is 57.8 cm³/mol. The Kier molecular flexibility index (Phi) is 3.26. The van der Waals surface area contributed by atoms with Crippen molar-refractivity contribution in [3.05, 3.63) is 18.5 Å². The van der Waals surface area contributed by atoms with E-state index >= 15 is 0 Å². The maximum atomic E-state index is 11.2. The van der Waals surface area contributed by atoms with Crippen LogP contribution in [-0.2, 0) is 4.79 Å². The molecule has 2 rings (SSSR count). The maximum absolute atomic E-state index is 11.2. The van der Waals surface area contributed by atoms with Gasteiger partial charge in [0.2, 0.25) is 5.91 Å². The number of carbonyl (C=O) groups excluding carboxylic acids is 1. The molecule has 1 aliphatic carbocycles. The third kappa shape index (κ3) is 2.31. The third-order valence-electron chi connectivity index (χ3n) is 2.81. The molecule has 15 heavy (non-hydrogen) atoms. The van der Waals surface area contributed by atoms with Crippen molar-refractivity contribution in [3.63, 3.8) is 0 Å². The molecule has 0 unspecified atom stereocenters. The van der Waals surface area contributed by atoms with Crippen molar-refractivity contribution in [2.24, 2.45) is 0 Å². The molecule has 1 aromatic heterocycles. The van der Waals surface area contributed by atoms with Gasteiger partial charge in [-0.15, -0.1) is 11.6 Å². The predicted octanol–water partition coefficient (Wildman–Crippen LogP) is 1.33. The van der Waals surface area contributed by atoms with Crippen LogP contribution in [0.3, 0.4) is 0 Å². The van der Waals surface area contributed by atoms with Gasteiger partial charge in [0.1, 0.15) is 5.88 Å². The SMILES string of the molecule is O=C(CCl)N[C@@H]1CCC[C@@H]1n1cccn1. The van der Waals surface area contributed by atoms with Gasteiger partial charge >= 0.3 is 0 Å². The summed E-state index contributed by atoms with van der Waals surface area (Å²) in [7, 11) is 0. The molecule has 1 heterocycles. The van der Waals surface area contributed by atoms with E-state index in [1.807, 2.05) is 16.9 Å². The molecule has 0 spiro atoms. The van der Waals surface area contributed by atoms with E-state index in [0.29, 0.717) is 0 Å². The Balaban J connectivity index is 2.02. The van der Waals surface area contributed by atoms with Crippen molar-refractivity contribution >= 4 is 17.5 Å². The fourth-order valence-corrected chi connectivity index (χ4v) is 2.22. The van der Waals surface area contributed by atoms with Crippen LogP contribution in [0.15, 0.2) is 18.5 Å². The second-order valence-electron chi connectivity index (χ2n) is 3.79. The van der Waals surface area contributed by atoms with E-state index in [4.69, 9.17) is 11.6 Å². The highest BCUT2D eigenvalue weighted by Gasteiger charge is 2.29. The highest BCUT2D eigenvalue weighted by molar-refractivity contribution is 6.27. The van der Waals surface area contributed by atoms with E-state index in [1.165, 1.54) is 0 Å². The van der Waals surface area contributed by atoms with Crippen molar-refractivity contribution in [1.29, 1.82) is 0 Å². The van der Waals surface area contributed by atoms with Crippen molar-refractivity contribution in [3.8, 4) is 0 Å². The second kappa shape index (κ2) is 4.66. The number of hydrogen-bond donors (Lipinski definition) is 1. The monoisotopic (exact) mass is 227 g/mol. The summed E-state index contributed by atoms with van der Waals surface area (Å²) in [6.07, 6.45) is 6.90. The van der Waals surface area contributed by atoms with Crippen LogP contribution in [0.5, 0.6) is 0 Å². The Morgan fingerprint density at radius 2 is 2.47 bits per heavy atom. The maximum Gasteiger partial charge on any atom is 0.235 e. The number of nitrogens with zero attached hydrogens (tertiary/aromatic N) is 2. The molecule has 0 aromatic carbocycles. The van der Waals surface area contributed by atoms with E-state index in [-0.39, 0.29) is 23.9 Å². The third-order valence-corrected chi connectivity index (χ3v) is 3.05. The summed E-state index contributed by atoms with van der Waals surface area (Å²) in [4.78, 5) is 11.2. The molecule has 82 valence electrons. The highest BCUT2D eigenvalue weighted by atomic mass is 35.5. The van der Waals surface area contributed by atoms with Crippen LogP contribution in [0.4, 0.5) is 0 Å². The average Bonchev–Trinajstić information content (AvgIpc) is 2.86. The van der Waals surface area contributed by atoms with Crippen LogP contribution in [-0.4, -0.2) is 27.6 Å². The van der Waals surface area contributed by atoms with Gasteiger partial charge in [0.25, 0.3) is 0 Å². The molecule has 1 amide bonds. The highest BCUT2D eigenvalue weighted by Crippen LogP contribution is 2.29. The lowest BCUT2D eigenvalue weighted by molar-refractivity contribution is -0.119. The zero-order chi connectivity index (χ0) is 10.7. The fourth-order valence-electron chi connectivity index (χ4n) is 2.15. The molecule has 0 radical (unpaired) electrons. The van der Waals surface area contributed by atoms with Crippen LogP contribution in [0.1, 0.15) is 25.3 Å². The summed E-state index contributed by atoms with van der Waals surface area (Å²) in [5, 5.41) is 7.15. The fraction of sp³-hybridized carbons (Fsp3) is 0.600. The number of hydrogen-bond acceptors (Lipinski definition) is 2. The molecule has 1 aromatic rings. The van der Waals surface area contributed by atoms with Crippen molar-refractivity contribution < 1.29 is 4.79 Å². The van der Waals surface area contributed by atoms with Crippen molar-refractivity contribution in [2.75, 3.05) is 5.88 Å². The second-order valence-corrected chi connectivity index (χ2v) is 4.06. The Hall–Kier alpha value is -1.03. The Bertz CT molecular complexity index is 325. The molecule has 1 N–H and O–H groups in total. The van der Waals surface area contributed by atoms with Crippen LogP contribution < -0.4 is 5.32 Å². The minimum atomic E-state index is -0.0966. The van der Waals surface area contributed by atoms with E-state index in [2.05, 4.69) is 10.4 Å². The molecule has 1 aliphatic rings. The first-order valence-corrected chi connectivity index (χ1v) is 5.69.